The van der Waals surface area contributed by atoms with Crippen LogP contribution in [0.4, 0.5) is 10.1 Å². The molecule has 1 saturated heterocycles. The predicted octanol–water partition coefficient (Wildman–Crippen LogP) is 4.78. The minimum absolute atomic E-state index is 0.277. The van der Waals surface area contributed by atoms with E-state index in [4.69, 9.17) is 11.6 Å². The predicted molar refractivity (Wildman–Crippen MR) is 120 cm³/mol. The first kappa shape index (κ1) is 21.2. The quantitative estimate of drug-likeness (QED) is 0.735. The number of halogens is 2. The monoisotopic (exact) mass is 430 g/mol. The van der Waals surface area contributed by atoms with Crippen LogP contribution in [0.2, 0.25) is 5.02 Å². The van der Waals surface area contributed by atoms with Crippen LogP contribution in [-0.4, -0.2) is 47.3 Å². The van der Waals surface area contributed by atoms with Crippen molar-refractivity contribution in [1.29, 1.82) is 0 Å². The van der Waals surface area contributed by atoms with E-state index in [0.717, 1.165) is 42.6 Å². The van der Waals surface area contributed by atoms with E-state index >= 15 is 0 Å². The highest BCUT2D eigenvalue weighted by atomic mass is 35.5. The first-order chi connectivity index (χ1) is 14.2. The Morgan fingerprint density at radius 1 is 1.20 bits per heavy atom. The van der Waals surface area contributed by atoms with Crippen LogP contribution in [0.15, 0.2) is 43.0 Å². The van der Waals surface area contributed by atoms with Crippen molar-refractivity contribution >= 4 is 22.9 Å². The smallest absolute Gasteiger partial charge is 0.165 e. The van der Waals surface area contributed by atoms with Gasteiger partial charge in [0.25, 0.3) is 0 Å². The first-order valence-corrected chi connectivity index (χ1v) is 10.7. The molecule has 0 radical (unpaired) electrons. The Morgan fingerprint density at radius 2 is 1.97 bits per heavy atom. The Labute approximate surface area is 182 Å². The van der Waals surface area contributed by atoms with Crippen LogP contribution in [0.25, 0.3) is 5.57 Å². The number of β-amino-alcohol motifs (C(OH)–C–C–N with tert-alkyl or cyclic N) is 1. The number of rotatable bonds is 3. The molecule has 0 aliphatic carbocycles. The zero-order valence-electron chi connectivity index (χ0n) is 17.4. The molecule has 0 amide bonds. The Morgan fingerprint density at radius 3 is 2.70 bits per heavy atom. The molecule has 160 valence electrons. The number of aliphatic hydroxyl groups is 1. The minimum atomic E-state index is -1.31. The number of nitrogens with zero attached hydrogens (tertiary/aromatic N) is 2. The van der Waals surface area contributed by atoms with Crippen molar-refractivity contribution in [3.8, 4) is 5.75 Å². The van der Waals surface area contributed by atoms with Crippen molar-refractivity contribution in [2.75, 3.05) is 25.0 Å². The molecular formula is C24H28ClFN2O2. The summed E-state index contributed by atoms with van der Waals surface area (Å²) in [5.74, 6) is -1.16. The molecule has 0 spiro atoms. The largest absolute Gasteiger partial charge is 0.505 e. The second-order valence-electron chi connectivity index (χ2n) is 8.75. The average molecular weight is 431 g/mol. The maximum Gasteiger partial charge on any atom is 0.165 e. The van der Waals surface area contributed by atoms with Gasteiger partial charge in [-0.3, -0.25) is 4.90 Å². The highest BCUT2D eigenvalue weighted by Crippen LogP contribution is 2.41. The molecule has 2 aromatic carbocycles. The van der Waals surface area contributed by atoms with E-state index in [1.165, 1.54) is 12.1 Å². The van der Waals surface area contributed by atoms with Gasteiger partial charge in [0.2, 0.25) is 0 Å². The highest BCUT2D eigenvalue weighted by molar-refractivity contribution is 6.30. The summed E-state index contributed by atoms with van der Waals surface area (Å²) >= 11 is 6.34. The van der Waals surface area contributed by atoms with Crippen molar-refractivity contribution in [3.05, 3.63) is 64.9 Å². The SMILES string of the molecule is C=C1c2cc(Cl)ccc2N(CC(C)(O)c2ccc(O)c(F)c2)CCC2CCC1N2C. The second kappa shape index (κ2) is 7.88. The molecule has 2 aliphatic rings. The number of hydrogen-bond acceptors (Lipinski definition) is 4. The number of hydrogen-bond donors (Lipinski definition) is 2. The molecule has 3 unspecified atom stereocenters. The number of phenolic OH excluding ortho intramolecular Hbond substituents is 1. The maximum absolute atomic E-state index is 13.9. The number of fused-ring (bicyclic) bond motifs is 3. The molecule has 6 heteroatoms. The molecule has 30 heavy (non-hydrogen) atoms. The van der Waals surface area contributed by atoms with Crippen LogP contribution in [0, 0.1) is 5.82 Å². The zero-order chi connectivity index (χ0) is 21.6. The molecule has 3 atom stereocenters. The van der Waals surface area contributed by atoms with Gasteiger partial charge >= 0.3 is 0 Å². The number of likely N-dealkylation sites (N-methyl/N-ethyl adjacent to an activating group) is 1. The summed E-state index contributed by atoms with van der Waals surface area (Å²) in [5, 5.41) is 21.4. The topological polar surface area (TPSA) is 46.9 Å². The fraction of sp³-hybridized carbons (Fsp3) is 0.417. The van der Waals surface area contributed by atoms with Gasteiger partial charge in [0.05, 0.1) is 6.54 Å². The van der Waals surface area contributed by atoms with Crippen molar-refractivity contribution < 1.29 is 14.6 Å². The van der Waals surface area contributed by atoms with E-state index in [2.05, 4.69) is 23.4 Å². The number of phenols is 1. The van der Waals surface area contributed by atoms with Gasteiger partial charge in [-0.05, 0) is 74.7 Å². The molecule has 2 aliphatic heterocycles. The molecule has 1 fully saturated rings. The van der Waals surface area contributed by atoms with Crippen LogP contribution in [0.3, 0.4) is 0 Å². The summed E-state index contributed by atoms with van der Waals surface area (Å²) in [7, 11) is 2.16. The molecular weight excluding hydrogens is 403 g/mol. The van der Waals surface area contributed by atoms with E-state index in [1.807, 2.05) is 18.2 Å². The lowest BCUT2D eigenvalue weighted by Crippen LogP contribution is -2.41. The van der Waals surface area contributed by atoms with Crippen molar-refractivity contribution in [2.45, 2.75) is 43.9 Å². The summed E-state index contributed by atoms with van der Waals surface area (Å²) in [4.78, 5) is 4.56. The molecule has 0 aromatic heterocycles. The molecule has 0 saturated carbocycles. The maximum atomic E-state index is 13.9. The van der Waals surface area contributed by atoms with Gasteiger partial charge in [0.15, 0.2) is 11.6 Å². The lowest BCUT2D eigenvalue weighted by atomic mass is 9.92. The van der Waals surface area contributed by atoms with Crippen LogP contribution in [0.5, 0.6) is 5.75 Å². The van der Waals surface area contributed by atoms with Crippen LogP contribution in [0.1, 0.15) is 37.3 Å². The third kappa shape index (κ3) is 3.82. The third-order valence-electron chi connectivity index (χ3n) is 6.69. The van der Waals surface area contributed by atoms with Gasteiger partial charge in [-0.15, -0.1) is 0 Å². The van der Waals surface area contributed by atoms with Gasteiger partial charge in [-0.2, -0.15) is 0 Å². The number of aromatic hydroxyl groups is 1. The Hall–Kier alpha value is -2.08. The number of benzene rings is 2. The van der Waals surface area contributed by atoms with Gasteiger partial charge < -0.3 is 15.1 Å². The normalized spacial score (nSPS) is 24.0. The molecule has 2 aromatic rings. The van der Waals surface area contributed by atoms with Gasteiger partial charge in [-0.25, -0.2) is 4.39 Å². The third-order valence-corrected chi connectivity index (χ3v) is 6.92. The minimum Gasteiger partial charge on any atom is -0.505 e. The zero-order valence-corrected chi connectivity index (χ0v) is 18.2. The summed E-state index contributed by atoms with van der Waals surface area (Å²) in [6, 6.07) is 10.6. The Bertz CT molecular complexity index is 978. The number of anilines is 1. The molecule has 2 N–H and O–H groups in total. The highest BCUT2D eigenvalue weighted by Gasteiger charge is 2.36. The fourth-order valence-electron chi connectivity index (χ4n) is 4.90. The standard InChI is InChI=1S/C24H28ClFN2O2/c1-15-19-13-17(25)5-7-22(19)28(11-10-18-6-8-21(15)27(18)3)14-24(2,30)16-4-9-23(29)20(26)12-16/h4-5,7,9,12-13,18,21,29-30H,1,6,8,10-11,14H2,2-3H3. The lowest BCUT2D eigenvalue weighted by Gasteiger charge is -2.35. The van der Waals surface area contributed by atoms with Crippen LogP contribution in [-0.2, 0) is 5.60 Å². The van der Waals surface area contributed by atoms with E-state index in [-0.39, 0.29) is 12.6 Å². The van der Waals surface area contributed by atoms with Crippen LogP contribution < -0.4 is 4.90 Å². The average Bonchev–Trinajstić information content (AvgIpc) is 3.07. The van der Waals surface area contributed by atoms with Gasteiger partial charge in [0, 0.05) is 34.9 Å². The van der Waals surface area contributed by atoms with Crippen LogP contribution >= 0.6 is 11.6 Å². The summed E-state index contributed by atoms with van der Waals surface area (Å²) in [5.41, 5.74) is 2.12. The molecule has 4 nitrogen and oxygen atoms in total. The van der Waals surface area contributed by atoms with Crippen molar-refractivity contribution in [3.63, 3.8) is 0 Å². The Balaban J connectivity index is 1.73. The summed E-state index contributed by atoms with van der Waals surface area (Å²) in [6.07, 6.45) is 3.16. The lowest BCUT2D eigenvalue weighted by molar-refractivity contribution is 0.0636. The summed E-state index contributed by atoms with van der Waals surface area (Å²) < 4.78 is 13.9. The van der Waals surface area contributed by atoms with E-state index in [0.29, 0.717) is 16.6 Å². The van der Waals surface area contributed by atoms with Crippen molar-refractivity contribution in [2.24, 2.45) is 0 Å². The van der Waals surface area contributed by atoms with Gasteiger partial charge in [-0.1, -0.05) is 24.2 Å². The molecule has 2 bridgehead atoms. The summed E-state index contributed by atoms with van der Waals surface area (Å²) in [6.45, 7) is 7.12. The van der Waals surface area contributed by atoms with E-state index in [1.54, 1.807) is 13.0 Å². The molecule has 2 heterocycles. The Kier molecular flexibility index (Phi) is 5.56. The van der Waals surface area contributed by atoms with E-state index < -0.39 is 17.2 Å². The second-order valence-corrected chi connectivity index (χ2v) is 9.19. The van der Waals surface area contributed by atoms with E-state index in [9.17, 15) is 14.6 Å². The van der Waals surface area contributed by atoms with Gasteiger partial charge in [0.1, 0.15) is 5.60 Å². The first-order valence-electron chi connectivity index (χ1n) is 10.3. The fourth-order valence-corrected chi connectivity index (χ4v) is 5.07. The molecule has 4 rings (SSSR count). The van der Waals surface area contributed by atoms with Crippen molar-refractivity contribution in [1.82, 2.24) is 4.90 Å².